The second-order valence-electron chi connectivity index (χ2n) is 5.86. The highest BCUT2D eigenvalue weighted by atomic mass is 35.5. The molecule has 0 atom stereocenters. The van der Waals surface area contributed by atoms with Crippen LogP contribution in [-0.4, -0.2) is 55.7 Å². The van der Waals surface area contributed by atoms with Crippen molar-refractivity contribution in [1.82, 2.24) is 10.2 Å². The number of nitrogens with one attached hydrogen (secondary N) is 1. The number of carbonyl (C=O) groups excluding carboxylic acids is 3. The van der Waals surface area contributed by atoms with Crippen LogP contribution in [0, 0.1) is 0 Å². The summed E-state index contributed by atoms with van der Waals surface area (Å²) in [5.41, 5.74) is 0.149. The molecule has 0 saturated heterocycles. The number of esters is 1. The van der Waals surface area contributed by atoms with Crippen LogP contribution in [0.1, 0.15) is 23.2 Å². The molecule has 0 bridgehead atoms. The molecule has 1 aliphatic carbocycles. The standard InChI is InChI=1S/C16H17ClN2O6/c1-19(6-13(20)18-10-2-3-10)14(21)7-23-16(22)9-4-11(17)15-12(5-9)24-8-25-15/h4-5,10H,2-3,6-8H2,1H3,(H,18,20). The number of fused-ring (bicyclic) bond motifs is 1. The summed E-state index contributed by atoms with van der Waals surface area (Å²) in [5, 5.41) is 3.00. The molecule has 9 heteroatoms. The summed E-state index contributed by atoms with van der Waals surface area (Å²) < 4.78 is 15.3. The number of hydrogen-bond donors (Lipinski definition) is 1. The molecule has 8 nitrogen and oxygen atoms in total. The summed E-state index contributed by atoms with van der Waals surface area (Å²) in [6, 6.07) is 3.05. The minimum atomic E-state index is -0.718. The molecule has 3 rings (SSSR count). The van der Waals surface area contributed by atoms with Gasteiger partial charge in [0.2, 0.25) is 12.7 Å². The highest BCUT2D eigenvalue weighted by Gasteiger charge is 2.25. The van der Waals surface area contributed by atoms with Gasteiger partial charge in [0.15, 0.2) is 18.1 Å². The fraction of sp³-hybridized carbons (Fsp3) is 0.438. The number of ether oxygens (including phenoxy) is 3. The lowest BCUT2D eigenvalue weighted by atomic mass is 10.2. The van der Waals surface area contributed by atoms with E-state index in [0.29, 0.717) is 11.5 Å². The predicted molar refractivity (Wildman–Crippen MR) is 86.7 cm³/mol. The maximum atomic E-state index is 12.1. The number of halogens is 1. The Labute approximate surface area is 149 Å². The molecule has 0 spiro atoms. The lowest BCUT2D eigenvalue weighted by Crippen LogP contribution is -2.40. The Morgan fingerprint density at radius 3 is 2.80 bits per heavy atom. The van der Waals surface area contributed by atoms with Crippen LogP contribution in [0.5, 0.6) is 11.5 Å². The van der Waals surface area contributed by atoms with Gasteiger partial charge in [-0.2, -0.15) is 0 Å². The molecule has 1 aromatic carbocycles. The van der Waals surface area contributed by atoms with E-state index in [9.17, 15) is 14.4 Å². The summed E-state index contributed by atoms with van der Waals surface area (Å²) in [5.74, 6) is -0.710. The van der Waals surface area contributed by atoms with Crippen LogP contribution < -0.4 is 14.8 Å². The van der Waals surface area contributed by atoms with Crippen LogP contribution in [-0.2, 0) is 14.3 Å². The van der Waals surface area contributed by atoms with Crippen molar-refractivity contribution in [3.05, 3.63) is 22.7 Å². The molecule has 2 amide bonds. The van der Waals surface area contributed by atoms with Crippen molar-refractivity contribution in [2.75, 3.05) is 27.0 Å². The summed E-state index contributed by atoms with van der Waals surface area (Å²) in [6.07, 6.45) is 1.94. The van der Waals surface area contributed by atoms with Crippen molar-refractivity contribution in [1.29, 1.82) is 0 Å². The summed E-state index contributed by atoms with van der Waals surface area (Å²) >= 11 is 6.00. The minimum absolute atomic E-state index is 0.0275. The molecule has 0 unspecified atom stereocenters. The Kier molecular flexibility index (Phi) is 4.98. The SMILES string of the molecule is CN(CC(=O)NC1CC1)C(=O)COC(=O)c1cc(Cl)c2c(c1)OCO2. The number of amides is 2. The topological polar surface area (TPSA) is 94.2 Å². The van der Waals surface area contributed by atoms with Gasteiger partial charge in [-0.15, -0.1) is 0 Å². The van der Waals surface area contributed by atoms with E-state index in [4.69, 9.17) is 25.8 Å². The molecule has 1 N–H and O–H groups in total. The number of rotatable bonds is 6. The van der Waals surface area contributed by atoms with Gasteiger partial charge >= 0.3 is 5.97 Å². The highest BCUT2D eigenvalue weighted by Crippen LogP contribution is 2.39. The molecular formula is C16H17ClN2O6. The van der Waals surface area contributed by atoms with Crippen LogP contribution in [0.4, 0.5) is 0 Å². The zero-order chi connectivity index (χ0) is 18.0. The van der Waals surface area contributed by atoms with Crippen molar-refractivity contribution in [3.63, 3.8) is 0 Å². The molecular weight excluding hydrogens is 352 g/mol. The Morgan fingerprint density at radius 2 is 2.08 bits per heavy atom. The largest absolute Gasteiger partial charge is 0.454 e. The van der Waals surface area contributed by atoms with Crippen LogP contribution in [0.3, 0.4) is 0 Å². The van der Waals surface area contributed by atoms with E-state index in [1.165, 1.54) is 24.1 Å². The first-order valence-electron chi connectivity index (χ1n) is 7.73. The number of benzene rings is 1. The number of carbonyl (C=O) groups is 3. The molecule has 2 aliphatic rings. The van der Waals surface area contributed by atoms with Gasteiger partial charge in [0.1, 0.15) is 0 Å². The Bertz CT molecular complexity index is 719. The maximum absolute atomic E-state index is 12.1. The summed E-state index contributed by atoms with van der Waals surface area (Å²) in [7, 11) is 1.47. The molecule has 1 aliphatic heterocycles. The number of likely N-dealkylation sites (N-methyl/N-ethyl adjacent to an activating group) is 1. The Morgan fingerprint density at radius 1 is 1.32 bits per heavy atom. The fourth-order valence-electron chi connectivity index (χ4n) is 2.21. The van der Waals surface area contributed by atoms with Gasteiger partial charge in [-0.1, -0.05) is 11.6 Å². The van der Waals surface area contributed by atoms with Gasteiger partial charge in [-0.25, -0.2) is 4.79 Å². The van der Waals surface area contributed by atoms with Crippen molar-refractivity contribution >= 4 is 29.4 Å². The third-order valence-electron chi connectivity index (χ3n) is 3.74. The van der Waals surface area contributed by atoms with E-state index in [-0.39, 0.29) is 35.9 Å². The van der Waals surface area contributed by atoms with Gasteiger partial charge in [0.25, 0.3) is 5.91 Å². The number of nitrogens with zero attached hydrogens (tertiary/aromatic N) is 1. The van der Waals surface area contributed by atoms with Gasteiger partial charge < -0.3 is 24.4 Å². The van der Waals surface area contributed by atoms with Crippen molar-refractivity contribution in [3.8, 4) is 11.5 Å². The van der Waals surface area contributed by atoms with Crippen molar-refractivity contribution < 1.29 is 28.6 Å². The first kappa shape index (κ1) is 17.3. The highest BCUT2D eigenvalue weighted by molar-refractivity contribution is 6.32. The molecule has 1 heterocycles. The normalized spacial score (nSPS) is 14.8. The monoisotopic (exact) mass is 368 g/mol. The molecule has 0 aromatic heterocycles. The zero-order valence-electron chi connectivity index (χ0n) is 13.5. The maximum Gasteiger partial charge on any atom is 0.338 e. The molecule has 1 fully saturated rings. The second-order valence-corrected chi connectivity index (χ2v) is 6.27. The van der Waals surface area contributed by atoms with Gasteiger partial charge in [-0.3, -0.25) is 9.59 Å². The third kappa shape index (κ3) is 4.33. The fourth-order valence-corrected chi connectivity index (χ4v) is 2.48. The first-order chi connectivity index (χ1) is 11.9. The van der Waals surface area contributed by atoms with E-state index in [1.807, 2.05) is 0 Å². The molecule has 134 valence electrons. The zero-order valence-corrected chi connectivity index (χ0v) is 14.3. The third-order valence-corrected chi connectivity index (χ3v) is 4.02. The van der Waals surface area contributed by atoms with E-state index in [2.05, 4.69) is 5.32 Å². The van der Waals surface area contributed by atoms with Crippen LogP contribution in [0.15, 0.2) is 12.1 Å². The van der Waals surface area contributed by atoms with Crippen LogP contribution >= 0.6 is 11.6 Å². The van der Waals surface area contributed by atoms with Crippen LogP contribution in [0.25, 0.3) is 0 Å². The van der Waals surface area contributed by atoms with E-state index < -0.39 is 18.5 Å². The predicted octanol–water partition coefficient (Wildman–Crippen LogP) is 0.963. The molecule has 1 saturated carbocycles. The minimum Gasteiger partial charge on any atom is -0.454 e. The quantitative estimate of drug-likeness (QED) is 0.752. The smallest absolute Gasteiger partial charge is 0.338 e. The van der Waals surface area contributed by atoms with Gasteiger partial charge in [-0.05, 0) is 25.0 Å². The Hall–Kier alpha value is -2.48. The van der Waals surface area contributed by atoms with Crippen molar-refractivity contribution in [2.45, 2.75) is 18.9 Å². The Balaban J connectivity index is 1.50. The van der Waals surface area contributed by atoms with Crippen LogP contribution in [0.2, 0.25) is 5.02 Å². The lowest BCUT2D eigenvalue weighted by Gasteiger charge is -2.16. The summed E-state index contributed by atoms with van der Waals surface area (Å²) in [6.45, 7) is -0.527. The number of hydrogen-bond acceptors (Lipinski definition) is 6. The molecule has 0 radical (unpaired) electrons. The van der Waals surface area contributed by atoms with Gasteiger partial charge in [0.05, 0.1) is 17.1 Å². The lowest BCUT2D eigenvalue weighted by molar-refractivity contribution is -0.137. The first-order valence-corrected chi connectivity index (χ1v) is 8.11. The van der Waals surface area contributed by atoms with Crippen molar-refractivity contribution in [2.24, 2.45) is 0 Å². The molecule has 25 heavy (non-hydrogen) atoms. The van der Waals surface area contributed by atoms with E-state index in [1.54, 1.807) is 0 Å². The van der Waals surface area contributed by atoms with Gasteiger partial charge in [0, 0.05) is 13.1 Å². The second kappa shape index (κ2) is 7.18. The summed E-state index contributed by atoms with van der Waals surface area (Å²) in [4.78, 5) is 36.9. The van der Waals surface area contributed by atoms with E-state index >= 15 is 0 Å². The van der Waals surface area contributed by atoms with E-state index in [0.717, 1.165) is 12.8 Å². The average molecular weight is 369 g/mol. The average Bonchev–Trinajstić information content (AvgIpc) is 3.24. The molecule has 1 aromatic rings.